The van der Waals surface area contributed by atoms with Gasteiger partial charge in [-0.15, -0.1) is 12.4 Å². The maximum Gasteiger partial charge on any atom is 0.344 e. The van der Waals surface area contributed by atoms with Crippen LogP contribution in [0.5, 0.6) is 11.8 Å². The SMILES string of the molecule is Cc1ccc(-n2[nH]ccc2=O)c(Cl)c1.Cc1ccc(-n2nccc2OCC(=O)Cc2ccc(-c3ccc(CC(=O)O)cc3)cc2Cl)c(Cl)c1.Cc1ccc(-n2nccc2OCC(=O)OC(C)(C)C)c(Cl)c1.Cc1ccc(NN)c(Cl)c1.Cl. The minimum atomic E-state index is -0.873. The van der Waals surface area contributed by atoms with Gasteiger partial charge in [-0.05, 0) is 148 Å². The van der Waals surface area contributed by atoms with Gasteiger partial charge in [0.15, 0.2) is 12.4 Å². The van der Waals surface area contributed by atoms with Gasteiger partial charge in [0, 0.05) is 35.8 Å². The Morgan fingerprint density at radius 3 is 1.54 bits per heavy atom. The molecule has 22 heteroatoms. The zero-order valence-electron chi connectivity index (χ0n) is 45.7. The molecule has 0 bridgehead atoms. The van der Waals surface area contributed by atoms with Crippen LogP contribution in [0.25, 0.3) is 28.2 Å². The summed E-state index contributed by atoms with van der Waals surface area (Å²) in [5, 5.41) is 22.9. The van der Waals surface area contributed by atoms with Gasteiger partial charge in [-0.2, -0.15) is 19.6 Å². The summed E-state index contributed by atoms with van der Waals surface area (Å²) in [7, 11) is 0. The highest BCUT2D eigenvalue weighted by molar-refractivity contribution is 6.34. The number of aliphatic carboxylic acids is 1. The molecule has 5 N–H and O–H groups in total. The molecule has 0 saturated heterocycles. The van der Waals surface area contributed by atoms with Gasteiger partial charge >= 0.3 is 11.9 Å². The molecule has 0 atom stereocenters. The average molecular weight is 1230 g/mol. The van der Waals surface area contributed by atoms with Gasteiger partial charge < -0.3 is 24.7 Å². The Hall–Kier alpha value is -7.54. The van der Waals surface area contributed by atoms with E-state index in [0.717, 1.165) is 44.6 Å². The summed E-state index contributed by atoms with van der Waals surface area (Å²) in [5.74, 6) is 4.56. The van der Waals surface area contributed by atoms with Crippen molar-refractivity contribution in [2.45, 2.75) is 66.9 Å². The van der Waals surface area contributed by atoms with E-state index in [9.17, 15) is 19.2 Å². The van der Waals surface area contributed by atoms with Gasteiger partial charge in [0.05, 0.1) is 61.7 Å². The number of anilines is 1. The standard InChI is InChI=1S/C27H22Cl2N2O4.C16H19ClN2O3.C10H9ClN2O.C7H9ClN2.ClH/c1-17-2-9-25(24(29)12-17)31-26(10-11-30-31)35-16-22(32)14-21-8-7-20(15-23(21)28)19-5-3-18(4-6-19)13-27(33)34;1-11-5-6-13(12(17)9-11)19-14(7-8-18-19)21-10-15(20)22-16(2,3)4;1-7-2-3-9(8(11)6-7)13-10(14)4-5-12-13;1-5-2-3-7(10-9)6(8)4-5;/h2-12,15H,13-14,16H2,1H3,(H,33,34);5-9H,10H2,1-4H3;2-6,12H,1H3;2-4,10H,9H2,1H3;1H. The number of rotatable bonds is 15. The number of aromatic nitrogens is 6. The number of hydrogen-bond acceptors (Lipinski definition) is 11. The largest absolute Gasteiger partial charge is 0.481 e. The first-order valence-electron chi connectivity index (χ1n) is 24.9. The molecule has 3 aromatic heterocycles. The van der Waals surface area contributed by atoms with Crippen LogP contribution < -0.4 is 26.3 Å². The second kappa shape index (κ2) is 30.5. The zero-order valence-corrected chi connectivity index (χ0v) is 50.3. The highest BCUT2D eigenvalue weighted by Crippen LogP contribution is 2.30. The van der Waals surface area contributed by atoms with E-state index >= 15 is 0 Å². The van der Waals surface area contributed by atoms with Gasteiger partial charge in [-0.25, -0.2) is 9.48 Å². The van der Waals surface area contributed by atoms with E-state index in [1.165, 1.54) is 10.7 Å². The fourth-order valence-electron chi connectivity index (χ4n) is 7.55. The number of nitrogens with one attached hydrogen (secondary N) is 2. The van der Waals surface area contributed by atoms with Crippen LogP contribution in [0.2, 0.25) is 25.1 Å². The highest BCUT2D eigenvalue weighted by atomic mass is 35.5. The molecule has 6 aromatic carbocycles. The molecule has 3 heterocycles. The van der Waals surface area contributed by atoms with E-state index in [4.69, 9.17) is 83.2 Å². The summed E-state index contributed by atoms with van der Waals surface area (Å²) in [5.41, 5.74) is 12.1. The Morgan fingerprint density at radius 1 is 0.598 bits per heavy atom. The quantitative estimate of drug-likeness (QED) is 0.0429. The van der Waals surface area contributed by atoms with Crippen LogP contribution in [-0.4, -0.2) is 71.0 Å². The number of nitrogen functional groups attached to an aromatic ring is 1. The number of carboxylic acid groups (broad SMARTS) is 1. The lowest BCUT2D eigenvalue weighted by Crippen LogP contribution is -2.27. The number of nitrogens with two attached hydrogens (primary N) is 1. The second-order valence-electron chi connectivity index (χ2n) is 19.2. The maximum absolute atomic E-state index is 12.6. The normalized spacial score (nSPS) is 10.6. The summed E-state index contributed by atoms with van der Waals surface area (Å²) >= 11 is 30.8. The smallest absolute Gasteiger partial charge is 0.344 e. The molecule has 430 valence electrons. The van der Waals surface area contributed by atoms with Gasteiger partial charge in [-0.3, -0.25) is 25.3 Å². The van der Waals surface area contributed by atoms with Crippen LogP contribution in [0.15, 0.2) is 157 Å². The van der Waals surface area contributed by atoms with E-state index in [0.29, 0.717) is 59.5 Å². The van der Waals surface area contributed by atoms with Crippen molar-refractivity contribution in [3.8, 4) is 39.9 Å². The van der Waals surface area contributed by atoms with E-state index in [-0.39, 0.29) is 49.8 Å². The Labute approximate surface area is 506 Å². The lowest BCUT2D eigenvalue weighted by Gasteiger charge is -2.19. The number of carbonyl (C=O) groups is 3. The van der Waals surface area contributed by atoms with E-state index < -0.39 is 17.5 Å². The molecule has 0 aliphatic rings. The third kappa shape index (κ3) is 19.3. The number of halogens is 6. The van der Waals surface area contributed by atoms with Crippen LogP contribution in [-0.2, 0) is 32.0 Å². The van der Waals surface area contributed by atoms with Crippen molar-refractivity contribution in [3.63, 3.8) is 0 Å². The van der Waals surface area contributed by atoms with Crippen LogP contribution in [0.1, 0.15) is 54.2 Å². The van der Waals surface area contributed by atoms with E-state index in [1.807, 2.05) is 125 Å². The number of ether oxygens (including phenoxy) is 3. The molecule has 9 rings (SSSR count). The van der Waals surface area contributed by atoms with Gasteiger partial charge in [0.2, 0.25) is 11.8 Å². The van der Waals surface area contributed by atoms with Crippen molar-refractivity contribution >= 4 is 93.8 Å². The van der Waals surface area contributed by atoms with Crippen LogP contribution in [0.4, 0.5) is 5.69 Å². The molecule has 0 aliphatic heterocycles. The third-order valence-corrected chi connectivity index (χ3v) is 12.9. The first kappa shape index (κ1) is 65.3. The maximum atomic E-state index is 12.6. The number of nitrogens with zero attached hydrogens (tertiary/aromatic N) is 5. The zero-order chi connectivity index (χ0) is 59.0. The van der Waals surface area contributed by atoms with Gasteiger partial charge in [0.25, 0.3) is 5.56 Å². The molecule has 0 radical (unpaired) electrons. The number of H-pyrrole nitrogens is 1. The number of esters is 1. The fourth-order valence-corrected chi connectivity index (χ4v) is 9.04. The summed E-state index contributed by atoms with van der Waals surface area (Å²) in [6.45, 7) is 12.9. The Kier molecular flexibility index (Phi) is 24.3. The highest BCUT2D eigenvalue weighted by Gasteiger charge is 2.19. The Bertz CT molecular complexity index is 3680. The van der Waals surface area contributed by atoms with Crippen LogP contribution >= 0.6 is 70.4 Å². The topological polar surface area (TPSA) is 211 Å². The van der Waals surface area contributed by atoms with Gasteiger partial charge in [0.1, 0.15) is 12.2 Å². The van der Waals surface area contributed by atoms with Crippen molar-refractivity contribution in [1.82, 2.24) is 29.3 Å². The van der Waals surface area contributed by atoms with Crippen LogP contribution in [0, 0.1) is 27.7 Å². The van der Waals surface area contributed by atoms with E-state index in [1.54, 1.807) is 79.1 Å². The number of Topliss-reactive ketones (excluding diaryl/α,β-unsaturated/α-hetero) is 1. The van der Waals surface area contributed by atoms with Crippen LogP contribution in [0.3, 0.4) is 0 Å². The number of aryl methyl sites for hydroxylation is 4. The first-order chi connectivity index (χ1) is 38.5. The summed E-state index contributed by atoms with van der Waals surface area (Å²) in [6.07, 6.45) is 4.85. The molecule has 82 heavy (non-hydrogen) atoms. The number of aromatic amines is 1. The predicted molar refractivity (Wildman–Crippen MR) is 328 cm³/mol. The van der Waals surface area contributed by atoms with Gasteiger partial charge in [-0.1, -0.05) is 119 Å². The molecular formula is C60H60Cl6N8O8. The van der Waals surface area contributed by atoms with Crippen molar-refractivity contribution < 1.29 is 33.7 Å². The van der Waals surface area contributed by atoms with E-state index in [2.05, 4.69) is 20.7 Å². The van der Waals surface area contributed by atoms with Crippen molar-refractivity contribution in [2.75, 3.05) is 18.6 Å². The Morgan fingerprint density at radius 2 is 1.09 bits per heavy atom. The lowest BCUT2D eigenvalue weighted by molar-refractivity contribution is -0.157. The number of hydrogen-bond donors (Lipinski definition) is 4. The lowest BCUT2D eigenvalue weighted by atomic mass is 10.00. The molecule has 0 spiro atoms. The second-order valence-corrected chi connectivity index (χ2v) is 21.3. The molecule has 0 fully saturated rings. The monoisotopic (exact) mass is 1230 g/mol. The number of benzene rings is 6. The van der Waals surface area contributed by atoms with Crippen molar-refractivity contribution in [1.29, 1.82) is 0 Å². The molecule has 0 unspecified atom stereocenters. The summed E-state index contributed by atoms with van der Waals surface area (Å²) in [4.78, 5) is 46.5. The minimum Gasteiger partial charge on any atom is -0.481 e. The molecule has 0 aliphatic carbocycles. The number of carbonyl (C=O) groups excluding carboxylic acids is 2. The number of hydrazine groups is 1. The first-order valence-corrected chi connectivity index (χ1v) is 26.8. The molecule has 0 amide bonds. The Balaban J connectivity index is 0.000000222. The number of ketones is 1. The number of carboxylic acids is 1. The van der Waals surface area contributed by atoms with Crippen molar-refractivity contribution in [3.05, 3.63) is 221 Å². The fraction of sp³-hybridized carbons (Fsp3) is 0.200. The molecular weight excluding hydrogens is 1170 g/mol. The third-order valence-electron chi connectivity index (χ3n) is 11.4. The van der Waals surface area contributed by atoms with Crippen molar-refractivity contribution in [2.24, 2.45) is 5.84 Å². The molecule has 16 nitrogen and oxygen atoms in total. The minimum absolute atomic E-state index is 0. The molecule has 9 aromatic rings. The average Bonchev–Trinajstić information content (AvgIpc) is 4.34. The summed E-state index contributed by atoms with van der Waals surface area (Å²) < 4.78 is 20.9. The predicted octanol–water partition coefficient (Wildman–Crippen LogP) is 14.0. The summed E-state index contributed by atoms with van der Waals surface area (Å²) in [6, 6.07) is 40.0. The molecule has 0 saturated carbocycles.